The Morgan fingerprint density at radius 3 is 2.82 bits per heavy atom. The highest BCUT2D eigenvalue weighted by molar-refractivity contribution is 5.68. The second kappa shape index (κ2) is 3.69. The molecule has 0 spiro atoms. The Balaban J connectivity index is 2.01. The fourth-order valence-corrected chi connectivity index (χ4v) is 0.764. The van der Waals surface area contributed by atoms with Gasteiger partial charge in [0.15, 0.2) is 0 Å². The van der Waals surface area contributed by atoms with E-state index < -0.39 is 0 Å². The van der Waals surface area contributed by atoms with E-state index in [1.54, 1.807) is 6.92 Å². The summed E-state index contributed by atoms with van der Waals surface area (Å²) in [4.78, 5) is 10.6. The number of esters is 1. The molecule has 1 rings (SSSR count). The lowest BCUT2D eigenvalue weighted by atomic mass is 10.3. The van der Waals surface area contributed by atoms with Gasteiger partial charge < -0.3 is 14.6 Å². The number of epoxide rings is 1. The van der Waals surface area contributed by atoms with Crippen molar-refractivity contribution in [2.75, 3.05) is 13.2 Å². The van der Waals surface area contributed by atoms with Crippen LogP contribution in [0.3, 0.4) is 0 Å². The number of hydrogen-bond donors (Lipinski definition) is 1. The summed E-state index contributed by atoms with van der Waals surface area (Å²) in [5, 5.41) is 8.53. The summed E-state index contributed by atoms with van der Waals surface area (Å²) < 4.78 is 9.71. The molecule has 64 valence electrons. The maximum atomic E-state index is 10.6. The van der Waals surface area contributed by atoms with Crippen LogP contribution < -0.4 is 0 Å². The van der Waals surface area contributed by atoms with Crippen LogP contribution in [0.1, 0.15) is 13.3 Å². The highest BCUT2D eigenvalue weighted by atomic mass is 16.6. The summed E-state index contributed by atoms with van der Waals surface area (Å²) in [5.41, 5.74) is 0. The van der Waals surface area contributed by atoms with Gasteiger partial charge in [0.05, 0.1) is 6.61 Å². The molecule has 0 aliphatic carbocycles. The first-order valence-corrected chi connectivity index (χ1v) is 3.70. The van der Waals surface area contributed by atoms with E-state index in [-0.39, 0.29) is 31.4 Å². The van der Waals surface area contributed by atoms with E-state index in [0.29, 0.717) is 6.42 Å². The zero-order chi connectivity index (χ0) is 8.27. The van der Waals surface area contributed by atoms with Crippen molar-refractivity contribution < 1.29 is 19.4 Å². The summed E-state index contributed by atoms with van der Waals surface area (Å²) >= 11 is 0. The third kappa shape index (κ3) is 2.48. The van der Waals surface area contributed by atoms with Crippen molar-refractivity contribution >= 4 is 5.97 Å². The molecule has 2 atom stereocenters. The van der Waals surface area contributed by atoms with E-state index in [2.05, 4.69) is 0 Å². The SMILES string of the molecule is CCC(=O)OCC1OC1CO. The lowest BCUT2D eigenvalue weighted by Gasteiger charge is -1.98. The van der Waals surface area contributed by atoms with Gasteiger partial charge in [-0.05, 0) is 0 Å². The number of aliphatic hydroxyl groups is 1. The molecular formula is C7H12O4. The third-order valence-electron chi connectivity index (χ3n) is 1.56. The molecule has 0 saturated carbocycles. The zero-order valence-corrected chi connectivity index (χ0v) is 6.45. The molecule has 1 fully saturated rings. The van der Waals surface area contributed by atoms with Crippen molar-refractivity contribution in [2.24, 2.45) is 0 Å². The minimum absolute atomic E-state index is 0.00828. The summed E-state index contributed by atoms with van der Waals surface area (Å²) in [7, 11) is 0. The van der Waals surface area contributed by atoms with Crippen LogP contribution in [-0.4, -0.2) is 36.5 Å². The lowest BCUT2D eigenvalue weighted by molar-refractivity contribution is -0.143. The average Bonchev–Trinajstić information content (AvgIpc) is 2.78. The third-order valence-corrected chi connectivity index (χ3v) is 1.56. The molecule has 0 aromatic carbocycles. The van der Waals surface area contributed by atoms with Crippen molar-refractivity contribution in [3.05, 3.63) is 0 Å². The van der Waals surface area contributed by atoms with E-state index in [0.717, 1.165) is 0 Å². The maximum Gasteiger partial charge on any atom is 0.305 e. The van der Waals surface area contributed by atoms with Crippen LogP contribution in [0, 0.1) is 0 Å². The molecule has 2 unspecified atom stereocenters. The average molecular weight is 160 g/mol. The van der Waals surface area contributed by atoms with E-state index >= 15 is 0 Å². The Morgan fingerprint density at radius 1 is 1.64 bits per heavy atom. The van der Waals surface area contributed by atoms with Gasteiger partial charge in [-0.25, -0.2) is 0 Å². The van der Waals surface area contributed by atoms with Gasteiger partial charge in [0.25, 0.3) is 0 Å². The summed E-state index contributed by atoms with van der Waals surface area (Å²) in [6.45, 7) is 2.02. The van der Waals surface area contributed by atoms with Crippen molar-refractivity contribution in [3.8, 4) is 0 Å². The van der Waals surface area contributed by atoms with Gasteiger partial charge in [-0.15, -0.1) is 0 Å². The van der Waals surface area contributed by atoms with Crippen molar-refractivity contribution in [3.63, 3.8) is 0 Å². The topological polar surface area (TPSA) is 59.1 Å². The van der Waals surface area contributed by atoms with E-state index in [4.69, 9.17) is 14.6 Å². The Morgan fingerprint density at radius 2 is 2.36 bits per heavy atom. The molecular weight excluding hydrogens is 148 g/mol. The number of aliphatic hydroxyl groups excluding tert-OH is 1. The van der Waals surface area contributed by atoms with Crippen molar-refractivity contribution in [1.82, 2.24) is 0 Å². The number of hydrogen-bond acceptors (Lipinski definition) is 4. The Kier molecular flexibility index (Phi) is 2.84. The first-order chi connectivity index (χ1) is 5.27. The first kappa shape index (κ1) is 8.49. The van der Waals surface area contributed by atoms with Crippen LogP contribution in [0.4, 0.5) is 0 Å². The molecule has 0 bridgehead atoms. The number of ether oxygens (including phenoxy) is 2. The summed E-state index contributed by atoms with van der Waals surface area (Å²) in [5.74, 6) is -0.225. The molecule has 11 heavy (non-hydrogen) atoms. The Hall–Kier alpha value is -0.610. The van der Waals surface area contributed by atoms with Gasteiger partial charge in [-0.1, -0.05) is 6.92 Å². The molecule has 4 heteroatoms. The Bertz CT molecular complexity index is 145. The van der Waals surface area contributed by atoms with Crippen LogP contribution >= 0.6 is 0 Å². The monoisotopic (exact) mass is 160 g/mol. The van der Waals surface area contributed by atoms with E-state index in [1.165, 1.54) is 0 Å². The molecule has 1 saturated heterocycles. The van der Waals surface area contributed by atoms with Crippen LogP contribution in [0.15, 0.2) is 0 Å². The number of carbonyl (C=O) groups excluding carboxylic acids is 1. The van der Waals surface area contributed by atoms with Crippen LogP contribution in [0.5, 0.6) is 0 Å². The molecule has 1 aliphatic heterocycles. The predicted octanol–water partition coefficient (Wildman–Crippen LogP) is -0.301. The quantitative estimate of drug-likeness (QED) is 0.453. The largest absolute Gasteiger partial charge is 0.463 e. The standard InChI is InChI=1S/C7H12O4/c1-2-7(9)10-4-6-5(3-8)11-6/h5-6,8H,2-4H2,1H3. The minimum Gasteiger partial charge on any atom is -0.463 e. The Labute approximate surface area is 65.1 Å². The maximum absolute atomic E-state index is 10.6. The molecule has 1 heterocycles. The van der Waals surface area contributed by atoms with Gasteiger partial charge in [0.1, 0.15) is 18.8 Å². The molecule has 1 aliphatic rings. The van der Waals surface area contributed by atoms with Gasteiger partial charge in [0, 0.05) is 6.42 Å². The minimum atomic E-state index is -0.225. The molecule has 0 radical (unpaired) electrons. The highest BCUT2D eigenvalue weighted by Crippen LogP contribution is 2.21. The van der Waals surface area contributed by atoms with Gasteiger partial charge in [-0.3, -0.25) is 4.79 Å². The van der Waals surface area contributed by atoms with Gasteiger partial charge in [0.2, 0.25) is 0 Å². The molecule has 0 aromatic heterocycles. The van der Waals surface area contributed by atoms with Crippen molar-refractivity contribution in [2.45, 2.75) is 25.6 Å². The number of rotatable bonds is 4. The fraction of sp³-hybridized carbons (Fsp3) is 0.857. The van der Waals surface area contributed by atoms with Crippen LogP contribution in [0.2, 0.25) is 0 Å². The second-order valence-corrected chi connectivity index (χ2v) is 2.43. The second-order valence-electron chi connectivity index (χ2n) is 2.43. The highest BCUT2D eigenvalue weighted by Gasteiger charge is 2.38. The molecule has 0 amide bonds. The van der Waals surface area contributed by atoms with E-state index in [1.807, 2.05) is 0 Å². The van der Waals surface area contributed by atoms with Crippen LogP contribution in [0.25, 0.3) is 0 Å². The zero-order valence-electron chi connectivity index (χ0n) is 6.45. The van der Waals surface area contributed by atoms with E-state index in [9.17, 15) is 4.79 Å². The summed E-state index contributed by atoms with van der Waals surface area (Å²) in [6, 6.07) is 0. The van der Waals surface area contributed by atoms with Crippen molar-refractivity contribution in [1.29, 1.82) is 0 Å². The number of carbonyl (C=O) groups is 1. The van der Waals surface area contributed by atoms with Gasteiger partial charge >= 0.3 is 5.97 Å². The lowest BCUT2D eigenvalue weighted by Crippen LogP contribution is -2.11. The predicted molar refractivity (Wildman–Crippen MR) is 37.0 cm³/mol. The van der Waals surface area contributed by atoms with Crippen LogP contribution in [-0.2, 0) is 14.3 Å². The molecule has 0 aromatic rings. The smallest absolute Gasteiger partial charge is 0.305 e. The molecule has 4 nitrogen and oxygen atoms in total. The fourth-order valence-electron chi connectivity index (χ4n) is 0.764. The normalized spacial score (nSPS) is 28.2. The molecule has 1 N–H and O–H groups in total. The van der Waals surface area contributed by atoms with Gasteiger partial charge in [-0.2, -0.15) is 0 Å². The first-order valence-electron chi connectivity index (χ1n) is 3.70. The summed E-state index contributed by atoms with van der Waals surface area (Å²) in [6.07, 6.45) is 0.200.